The summed E-state index contributed by atoms with van der Waals surface area (Å²) in [6, 6.07) is 4.34. The van der Waals surface area contributed by atoms with Gasteiger partial charge < -0.3 is 9.84 Å². The van der Waals surface area contributed by atoms with Crippen LogP contribution < -0.4 is 5.32 Å². The van der Waals surface area contributed by atoms with Gasteiger partial charge >= 0.3 is 6.18 Å². The van der Waals surface area contributed by atoms with Crippen LogP contribution in [-0.4, -0.2) is 16.0 Å². The molecular weight excluding hydrogens is 390 g/mol. The standard InChI is InChI=1S/C20H15F4N3O2/c21-16-7-11(3-4-15(16)20(22,23)24)14-10-25-9-13-2-1-12(19(13)14)8-18(28)26-17-5-6-29-27-17/h3-7,9-10,12H,1-2,8H2,(H,26,27,28). The fourth-order valence-corrected chi connectivity index (χ4v) is 3.71. The van der Waals surface area contributed by atoms with E-state index in [0.717, 1.165) is 23.3 Å². The minimum absolute atomic E-state index is 0.153. The molecule has 1 amide bonds. The van der Waals surface area contributed by atoms with E-state index in [1.54, 1.807) is 6.20 Å². The van der Waals surface area contributed by atoms with Gasteiger partial charge in [0.15, 0.2) is 5.82 Å². The average Bonchev–Trinajstić information content (AvgIpc) is 3.30. The Labute approximate surface area is 162 Å². The minimum Gasteiger partial charge on any atom is -0.363 e. The first-order valence-corrected chi connectivity index (χ1v) is 8.87. The van der Waals surface area contributed by atoms with Gasteiger partial charge in [0.1, 0.15) is 12.1 Å². The summed E-state index contributed by atoms with van der Waals surface area (Å²) in [7, 11) is 0. The van der Waals surface area contributed by atoms with Crippen molar-refractivity contribution in [3.05, 3.63) is 65.4 Å². The van der Waals surface area contributed by atoms with E-state index in [0.29, 0.717) is 29.8 Å². The van der Waals surface area contributed by atoms with Gasteiger partial charge in [-0.2, -0.15) is 13.2 Å². The van der Waals surface area contributed by atoms with E-state index in [9.17, 15) is 22.4 Å². The number of carbonyl (C=O) groups is 1. The fraction of sp³-hybridized carbons (Fsp3) is 0.250. The third kappa shape index (κ3) is 3.85. The molecular formula is C20H15F4N3O2. The van der Waals surface area contributed by atoms with E-state index in [1.807, 2.05) is 0 Å². The summed E-state index contributed by atoms with van der Waals surface area (Å²) in [5.74, 6) is -1.47. The molecule has 1 aliphatic rings. The highest BCUT2D eigenvalue weighted by atomic mass is 19.4. The number of rotatable bonds is 4. The van der Waals surface area contributed by atoms with Crippen LogP contribution in [0.25, 0.3) is 11.1 Å². The van der Waals surface area contributed by atoms with Crippen molar-refractivity contribution in [3.8, 4) is 11.1 Å². The van der Waals surface area contributed by atoms with Crippen LogP contribution in [0.2, 0.25) is 0 Å². The number of amides is 1. The van der Waals surface area contributed by atoms with Crippen LogP contribution in [0.4, 0.5) is 23.4 Å². The third-order valence-corrected chi connectivity index (χ3v) is 4.96. The number of hydrogen-bond donors (Lipinski definition) is 1. The molecule has 29 heavy (non-hydrogen) atoms. The van der Waals surface area contributed by atoms with Gasteiger partial charge in [0, 0.05) is 30.4 Å². The van der Waals surface area contributed by atoms with Crippen molar-refractivity contribution in [2.75, 3.05) is 5.32 Å². The summed E-state index contributed by atoms with van der Waals surface area (Å²) in [5.41, 5.74) is 1.23. The summed E-state index contributed by atoms with van der Waals surface area (Å²) in [4.78, 5) is 16.5. The molecule has 0 fully saturated rings. The number of aromatic nitrogens is 2. The largest absolute Gasteiger partial charge is 0.419 e. The molecule has 150 valence electrons. The lowest BCUT2D eigenvalue weighted by molar-refractivity contribution is -0.140. The van der Waals surface area contributed by atoms with Crippen molar-refractivity contribution in [3.63, 3.8) is 0 Å². The van der Waals surface area contributed by atoms with Gasteiger partial charge in [-0.3, -0.25) is 9.78 Å². The molecule has 0 bridgehead atoms. The quantitative estimate of drug-likeness (QED) is 0.624. The second-order valence-electron chi connectivity index (χ2n) is 6.82. The zero-order chi connectivity index (χ0) is 20.6. The van der Waals surface area contributed by atoms with E-state index in [2.05, 4.69) is 20.0 Å². The van der Waals surface area contributed by atoms with Gasteiger partial charge in [-0.15, -0.1) is 0 Å². The lowest BCUT2D eigenvalue weighted by atomic mass is 9.90. The first kappa shape index (κ1) is 19.1. The summed E-state index contributed by atoms with van der Waals surface area (Å²) >= 11 is 0. The molecule has 0 saturated carbocycles. The van der Waals surface area contributed by atoms with Gasteiger partial charge in [0.05, 0.1) is 5.56 Å². The number of nitrogens with zero attached hydrogens (tertiary/aromatic N) is 2. The average molecular weight is 405 g/mol. The lowest BCUT2D eigenvalue weighted by Crippen LogP contribution is -2.15. The van der Waals surface area contributed by atoms with Crippen molar-refractivity contribution in [2.24, 2.45) is 0 Å². The topological polar surface area (TPSA) is 68.0 Å². The van der Waals surface area contributed by atoms with Gasteiger partial charge in [0.25, 0.3) is 0 Å². The van der Waals surface area contributed by atoms with Crippen molar-refractivity contribution in [1.29, 1.82) is 0 Å². The maximum atomic E-state index is 14.1. The number of carbonyl (C=O) groups excluding carboxylic acids is 1. The van der Waals surface area contributed by atoms with Crippen LogP contribution in [0.15, 0.2) is 47.4 Å². The van der Waals surface area contributed by atoms with E-state index in [1.165, 1.54) is 24.6 Å². The van der Waals surface area contributed by atoms with E-state index in [4.69, 9.17) is 0 Å². The second-order valence-corrected chi connectivity index (χ2v) is 6.82. The number of nitrogens with one attached hydrogen (secondary N) is 1. The van der Waals surface area contributed by atoms with Gasteiger partial charge in [-0.1, -0.05) is 11.2 Å². The predicted molar refractivity (Wildman–Crippen MR) is 95.4 cm³/mol. The van der Waals surface area contributed by atoms with Gasteiger partial charge in [0.2, 0.25) is 5.91 Å². The number of halogens is 4. The number of aryl methyl sites for hydroxylation is 1. The van der Waals surface area contributed by atoms with Crippen LogP contribution in [-0.2, 0) is 17.4 Å². The highest BCUT2D eigenvalue weighted by Crippen LogP contribution is 2.42. The molecule has 2 aromatic heterocycles. The first-order valence-electron chi connectivity index (χ1n) is 8.87. The summed E-state index contributed by atoms with van der Waals surface area (Å²) in [6.07, 6.45) is 1.26. The van der Waals surface area contributed by atoms with Crippen LogP contribution in [0, 0.1) is 5.82 Å². The van der Waals surface area contributed by atoms with Crippen LogP contribution in [0.1, 0.15) is 35.4 Å². The normalized spacial score (nSPS) is 15.9. The molecule has 5 nitrogen and oxygen atoms in total. The number of hydrogen-bond acceptors (Lipinski definition) is 4. The number of fused-ring (bicyclic) bond motifs is 1. The predicted octanol–water partition coefficient (Wildman–Crippen LogP) is 4.95. The fourth-order valence-electron chi connectivity index (χ4n) is 3.71. The first-order chi connectivity index (χ1) is 13.8. The molecule has 0 radical (unpaired) electrons. The molecule has 0 spiro atoms. The molecule has 1 aromatic carbocycles. The molecule has 0 saturated heterocycles. The molecule has 9 heteroatoms. The molecule has 2 heterocycles. The Morgan fingerprint density at radius 2 is 2.07 bits per heavy atom. The highest BCUT2D eigenvalue weighted by molar-refractivity contribution is 5.90. The Hall–Kier alpha value is -3.23. The number of benzene rings is 1. The van der Waals surface area contributed by atoms with Crippen LogP contribution in [0.5, 0.6) is 0 Å². The Morgan fingerprint density at radius 3 is 2.76 bits per heavy atom. The smallest absolute Gasteiger partial charge is 0.363 e. The van der Waals surface area contributed by atoms with E-state index < -0.39 is 17.6 Å². The van der Waals surface area contributed by atoms with Crippen molar-refractivity contribution in [1.82, 2.24) is 10.1 Å². The van der Waals surface area contributed by atoms with Crippen LogP contribution >= 0.6 is 0 Å². The van der Waals surface area contributed by atoms with Crippen molar-refractivity contribution < 1.29 is 26.9 Å². The maximum absolute atomic E-state index is 14.1. The number of anilines is 1. The number of pyridine rings is 1. The monoisotopic (exact) mass is 405 g/mol. The molecule has 4 rings (SSSR count). The molecule has 3 aromatic rings. The molecule has 1 unspecified atom stereocenters. The molecule has 1 N–H and O–H groups in total. The van der Waals surface area contributed by atoms with Gasteiger partial charge in [-0.25, -0.2) is 4.39 Å². The van der Waals surface area contributed by atoms with E-state index in [-0.39, 0.29) is 18.2 Å². The van der Waals surface area contributed by atoms with Gasteiger partial charge in [-0.05, 0) is 47.6 Å². The summed E-state index contributed by atoms with van der Waals surface area (Å²) < 4.78 is 57.3. The Bertz CT molecular complexity index is 1050. The Balaban J connectivity index is 1.63. The zero-order valence-electron chi connectivity index (χ0n) is 15.0. The maximum Gasteiger partial charge on any atom is 0.419 e. The summed E-state index contributed by atoms with van der Waals surface area (Å²) in [5, 5.41) is 6.26. The highest BCUT2D eigenvalue weighted by Gasteiger charge is 2.34. The molecule has 0 aliphatic heterocycles. The Kier molecular flexibility index (Phi) is 4.81. The Morgan fingerprint density at radius 1 is 1.24 bits per heavy atom. The van der Waals surface area contributed by atoms with Crippen molar-refractivity contribution in [2.45, 2.75) is 31.4 Å². The second kappa shape index (κ2) is 7.31. The zero-order valence-corrected chi connectivity index (χ0v) is 15.0. The SMILES string of the molecule is O=C(CC1CCc2cncc(-c3ccc(C(F)(F)F)c(F)c3)c21)Nc1ccon1. The number of alkyl halides is 3. The molecule has 1 aliphatic carbocycles. The lowest BCUT2D eigenvalue weighted by Gasteiger charge is -2.16. The third-order valence-electron chi connectivity index (χ3n) is 4.96. The van der Waals surface area contributed by atoms with E-state index >= 15 is 0 Å². The van der Waals surface area contributed by atoms with Crippen LogP contribution in [0.3, 0.4) is 0 Å². The van der Waals surface area contributed by atoms with Crippen molar-refractivity contribution >= 4 is 11.7 Å². The summed E-state index contributed by atoms with van der Waals surface area (Å²) in [6.45, 7) is 0. The minimum atomic E-state index is -4.76. The molecule has 1 atom stereocenters.